The quantitative estimate of drug-likeness (QED) is 0.538. The summed E-state index contributed by atoms with van der Waals surface area (Å²) in [6.45, 7) is 0.238. The summed E-state index contributed by atoms with van der Waals surface area (Å²) < 4.78 is 4.76. The highest BCUT2D eigenvalue weighted by atomic mass is 16.5. The Morgan fingerprint density at radius 2 is 2.28 bits per heavy atom. The molecule has 1 atom stereocenters. The second kappa shape index (κ2) is 5.66. The molecule has 1 aromatic heterocycles. The van der Waals surface area contributed by atoms with Crippen molar-refractivity contribution in [2.75, 3.05) is 13.8 Å². The number of carbonyl (C=O) groups is 1. The number of H-pyrrole nitrogens is 1. The minimum atomic E-state index is -0.417. The van der Waals surface area contributed by atoms with Crippen LogP contribution in [0.15, 0.2) is 30.5 Å². The van der Waals surface area contributed by atoms with Crippen molar-refractivity contribution in [1.29, 1.82) is 0 Å². The molecular formula is C13H17N3O2. The van der Waals surface area contributed by atoms with E-state index in [0.717, 1.165) is 16.5 Å². The Kier molecular flexibility index (Phi) is 3.96. The lowest BCUT2D eigenvalue weighted by molar-refractivity contribution is -0.143. The topological polar surface area (TPSA) is 80.1 Å². The number of hydrogen-bond donors (Lipinski definition) is 3. The van der Waals surface area contributed by atoms with Gasteiger partial charge in [-0.25, -0.2) is 0 Å². The van der Waals surface area contributed by atoms with E-state index in [-0.39, 0.29) is 12.6 Å². The fraction of sp³-hybridized carbons (Fsp3) is 0.308. The lowest BCUT2D eigenvalue weighted by Crippen LogP contribution is -2.42. The van der Waals surface area contributed by atoms with Gasteiger partial charge in [-0.05, 0) is 11.6 Å². The van der Waals surface area contributed by atoms with Crippen molar-refractivity contribution >= 4 is 16.9 Å². The van der Waals surface area contributed by atoms with Gasteiger partial charge in [-0.3, -0.25) is 10.1 Å². The highest BCUT2D eigenvalue weighted by Gasteiger charge is 2.19. The number of nitrogens with two attached hydrogens (primary N) is 1. The number of aromatic nitrogens is 1. The molecule has 2 rings (SSSR count). The molecule has 0 amide bonds. The van der Waals surface area contributed by atoms with Gasteiger partial charge in [0.2, 0.25) is 0 Å². The van der Waals surface area contributed by atoms with Crippen molar-refractivity contribution in [2.45, 2.75) is 12.5 Å². The fourth-order valence-corrected chi connectivity index (χ4v) is 2.04. The van der Waals surface area contributed by atoms with E-state index in [1.165, 1.54) is 7.11 Å². The van der Waals surface area contributed by atoms with Crippen LogP contribution in [0.25, 0.3) is 10.9 Å². The lowest BCUT2D eigenvalue weighted by atomic mass is 10.1. The lowest BCUT2D eigenvalue weighted by Gasteiger charge is -2.14. The van der Waals surface area contributed by atoms with E-state index < -0.39 is 6.04 Å². The van der Waals surface area contributed by atoms with Crippen LogP contribution in [0.3, 0.4) is 0 Å². The van der Waals surface area contributed by atoms with Crippen LogP contribution in [0.2, 0.25) is 0 Å². The minimum absolute atomic E-state index is 0.238. The number of hydrogen-bond acceptors (Lipinski definition) is 4. The highest BCUT2D eigenvalue weighted by Crippen LogP contribution is 2.19. The van der Waals surface area contributed by atoms with Gasteiger partial charge in [0.25, 0.3) is 0 Å². The molecule has 0 aliphatic rings. The number of ether oxygens (including phenoxy) is 1. The standard InChI is InChI=1S/C13H17N3O2/c1-18-13(17)12(16-8-14)6-9-7-15-11-5-3-2-4-10(9)11/h2-5,7,12,15-16H,6,8,14H2,1H3/t12-/m0/s1. The summed E-state index contributed by atoms with van der Waals surface area (Å²) >= 11 is 0. The van der Waals surface area contributed by atoms with Crippen molar-refractivity contribution in [2.24, 2.45) is 5.73 Å². The van der Waals surface area contributed by atoms with Crippen molar-refractivity contribution in [1.82, 2.24) is 10.3 Å². The first-order valence-electron chi connectivity index (χ1n) is 5.82. The summed E-state index contributed by atoms with van der Waals surface area (Å²) in [4.78, 5) is 14.8. The van der Waals surface area contributed by atoms with Gasteiger partial charge in [-0.1, -0.05) is 18.2 Å². The number of nitrogens with one attached hydrogen (secondary N) is 2. The van der Waals surface area contributed by atoms with E-state index in [9.17, 15) is 4.79 Å². The first kappa shape index (κ1) is 12.6. The van der Waals surface area contributed by atoms with Gasteiger partial charge in [-0.15, -0.1) is 0 Å². The summed E-state index contributed by atoms with van der Waals surface area (Å²) in [6, 6.07) is 7.56. The molecule has 0 bridgehead atoms. The Morgan fingerprint density at radius 1 is 1.50 bits per heavy atom. The number of carbonyl (C=O) groups excluding carboxylic acids is 1. The molecular weight excluding hydrogens is 230 g/mol. The molecule has 0 unspecified atom stereocenters. The largest absolute Gasteiger partial charge is 0.468 e. The van der Waals surface area contributed by atoms with Crippen LogP contribution in [0.5, 0.6) is 0 Å². The molecule has 0 aliphatic carbocycles. The van der Waals surface area contributed by atoms with Crippen molar-refractivity contribution in [3.05, 3.63) is 36.0 Å². The van der Waals surface area contributed by atoms with Crippen molar-refractivity contribution in [3.63, 3.8) is 0 Å². The number of para-hydroxylation sites is 1. The van der Waals surface area contributed by atoms with Gasteiger partial charge < -0.3 is 15.5 Å². The number of methoxy groups -OCH3 is 1. The Balaban J connectivity index is 2.23. The second-order valence-electron chi connectivity index (χ2n) is 4.05. The number of esters is 1. The average molecular weight is 247 g/mol. The molecule has 0 fully saturated rings. The zero-order valence-electron chi connectivity index (χ0n) is 10.3. The van der Waals surface area contributed by atoms with Gasteiger partial charge in [0, 0.05) is 30.2 Å². The van der Waals surface area contributed by atoms with E-state index in [4.69, 9.17) is 10.5 Å². The maximum atomic E-state index is 11.6. The third-order valence-electron chi connectivity index (χ3n) is 2.95. The summed E-state index contributed by atoms with van der Waals surface area (Å²) in [5.74, 6) is -0.300. The molecule has 0 saturated carbocycles. The van der Waals surface area contributed by atoms with Gasteiger partial charge in [-0.2, -0.15) is 0 Å². The van der Waals surface area contributed by atoms with Crippen LogP contribution in [0.4, 0.5) is 0 Å². The van der Waals surface area contributed by atoms with Gasteiger partial charge in [0.15, 0.2) is 0 Å². The van der Waals surface area contributed by atoms with E-state index in [0.29, 0.717) is 6.42 Å². The molecule has 2 aromatic rings. The molecule has 5 nitrogen and oxygen atoms in total. The fourth-order valence-electron chi connectivity index (χ4n) is 2.04. The molecule has 0 radical (unpaired) electrons. The number of rotatable bonds is 5. The summed E-state index contributed by atoms with van der Waals surface area (Å²) in [7, 11) is 1.38. The van der Waals surface area contributed by atoms with E-state index >= 15 is 0 Å². The van der Waals surface area contributed by atoms with E-state index in [2.05, 4.69) is 10.3 Å². The molecule has 0 saturated heterocycles. The third kappa shape index (κ3) is 2.52. The van der Waals surface area contributed by atoms with Crippen LogP contribution in [-0.4, -0.2) is 30.8 Å². The van der Waals surface area contributed by atoms with Crippen LogP contribution in [-0.2, 0) is 16.0 Å². The average Bonchev–Trinajstić information content (AvgIpc) is 2.81. The van der Waals surface area contributed by atoms with Crippen LogP contribution in [0, 0.1) is 0 Å². The predicted octanol–water partition coefficient (Wildman–Crippen LogP) is 0.758. The van der Waals surface area contributed by atoms with Crippen LogP contribution >= 0.6 is 0 Å². The normalized spacial score (nSPS) is 12.6. The van der Waals surface area contributed by atoms with Crippen molar-refractivity contribution < 1.29 is 9.53 Å². The third-order valence-corrected chi connectivity index (χ3v) is 2.95. The summed E-state index contributed by atoms with van der Waals surface area (Å²) in [6.07, 6.45) is 2.46. The van der Waals surface area contributed by atoms with Crippen LogP contribution < -0.4 is 11.1 Å². The molecule has 0 spiro atoms. The monoisotopic (exact) mass is 247 g/mol. The number of aromatic amines is 1. The van der Waals surface area contributed by atoms with Gasteiger partial charge in [0.1, 0.15) is 6.04 Å². The molecule has 0 aliphatic heterocycles. The SMILES string of the molecule is COC(=O)[C@H](Cc1c[nH]c2ccccc12)NCN. The smallest absolute Gasteiger partial charge is 0.323 e. The first-order chi connectivity index (χ1) is 8.76. The Hall–Kier alpha value is -1.85. The molecule has 4 N–H and O–H groups in total. The highest BCUT2D eigenvalue weighted by molar-refractivity contribution is 5.84. The Labute approximate surface area is 105 Å². The first-order valence-corrected chi connectivity index (χ1v) is 5.82. The van der Waals surface area contributed by atoms with Crippen molar-refractivity contribution in [3.8, 4) is 0 Å². The molecule has 18 heavy (non-hydrogen) atoms. The molecule has 1 aromatic carbocycles. The maximum Gasteiger partial charge on any atom is 0.323 e. The van der Waals surface area contributed by atoms with Gasteiger partial charge >= 0.3 is 5.97 Å². The molecule has 1 heterocycles. The molecule has 96 valence electrons. The molecule has 5 heteroatoms. The second-order valence-corrected chi connectivity index (χ2v) is 4.05. The zero-order valence-corrected chi connectivity index (χ0v) is 10.3. The zero-order chi connectivity index (χ0) is 13.0. The Morgan fingerprint density at radius 3 is 3.00 bits per heavy atom. The summed E-state index contributed by atoms with van der Waals surface area (Å²) in [5.41, 5.74) is 7.57. The predicted molar refractivity (Wildman–Crippen MR) is 70.0 cm³/mol. The van der Waals surface area contributed by atoms with Crippen LogP contribution in [0.1, 0.15) is 5.56 Å². The summed E-state index contributed by atoms with van der Waals surface area (Å²) in [5, 5.41) is 4.04. The van der Waals surface area contributed by atoms with E-state index in [1.54, 1.807) is 0 Å². The number of fused-ring (bicyclic) bond motifs is 1. The van der Waals surface area contributed by atoms with Gasteiger partial charge in [0.05, 0.1) is 7.11 Å². The van der Waals surface area contributed by atoms with E-state index in [1.807, 2.05) is 30.5 Å². The Bertz CT molecular complexity index is 536. The maximum absolute atomic E-state index is 11.6. The number of benzene rings is 1. The minimum Gasteiger partial charge on any atom is -0.468 e.